The number of ether oxygens (including phenoxy) is 1. The summed E-state index contributed by atoms with van der Waals surface area (Å²) in [7, 11) is 0. The number of likely N-dealkylation sites (tertiary alicyclic amines) is 1. The molecular formula is C19H24N4O3. The Morgan fingerprint density at radius 1 is 1.27 bits per heavy atom. The van der Waals surface area contributed by atoms with E-state index in [9.17, 15) is 9.59 Å². The van der Waals surface area contributed by atoms with E-state index in [-0.39, 0.29) is 18.6 Å². The molecule has 0 unspecified atom stereocenters. The van der Waals surface area contributed by atoms with Gasteiger partial charge in [-0.2, -0.15) is 5.10 Å². The van der Waals surface area contributed by atoms with E-state index in [0.29, 0.717) is 25.9 Å². The minimum absolute atomic E-state index is 0.0420. The summed E-state index contributed by atoms with van der Waals surface area (Å²) in [6, 6.07) is 9.48. The standard InChI is InChI=1S/C19H24N4O3/c1-13-17(14(2)22-21-13)8-9-18(24)23-10-16(11-23)20-19(25)26-12-15-6-4-3-5-7-15/h3-7,16H,8-12H2,1-2H3,(H,20,25)(H,21,22). The summed E-state index contributed by atoms with van der Waals surface area (Å²) in [5.74, 6) is 0.0979. The molecule has 0 saturated carbocycles. The van der Waals surface area contributed by atoms with E-state index in [1.54, 1.807) is 4.90 Å². The number of carbonyl (C=O) groups excluding carboxylic acids is 2. The number of hydrogen-bond acceptors (Lipinski definition) is 4. The van der Waals surface area contributed by atoms with Gasteiger partial charge in [-0.15, -0.1) is 0 Å². The van der Waals surface area contributed by atoms with Crippen LogP contribution in [0, 0.1) is 13.8 Å². The Kier molecular flexibility index (Phi) is 5.55. The lowest BCUT2D eigenvalue weighted by Gasteiger charge is -2.39. The molecule has 7 heteroatoms. The number of hydrogen-bond donors (Lipinski definition) is 2. The summed E-state index contributed by atoms with van der Waals surface area (Å²) < 4.78 is 5.19. The van der Waals surface area contributed by atoms with Crippen LogP contribution in [-0.4, -0.2) is 46.2 Å². The number of carbonyl (C=O) groups is 2. The van der Waals surface area contributed by atoms with Crippen molar-refractivity contribution >= 4 is 12.0 Å². The Morgan fingerprint density at radius 3 is 2.65 bits per heavy atom. The van der Waals surface area contributed by atoms with Gasteiger partial charge in [-0.3, -0.25) is 9.89 Å². The normalized spacial score (nSPS) is 14.0. The average molecular weight is 356 g/mol. The van der Waals surface area contributed by atoms with E-state index in [1.807, 2.05) is 44.2 Å². The molecule has 1 aliphatic rings. The number of amides is 2. The van der Waals surface area contributed by atoms with Gasteiger partial charge in [-0.25, -0.2) is 4.79 Å². The average Bonchev–Trinajstić information content (AvgIpc) is 2.93. The summed E-state index contributed by atoms with van der Waals surface area (Å²) in [5, 5.41) is 9.87. The molecular weight excluding hydrogens is 332 g/mol. The smallest absolute Gasteiger partial charge is 0.407 e. The Hall–Kier alpha value is -2.83. The first-order valence-electron chi connectivity index (χ1n) is 8.78. The second kappa shape index (κ2) is 8.03. The molecule has 26 heavy (non-hydrogen) atoms. The third-order valence-electron chi connectivity index (χ3n) is 4.64. The van der Waals surface area contributed by atoms with Gasteiger partial charge < -0.3 is 15.0 Å². The molecule has 0 aliphatic carbocycles. The molecule has 1 fully saturated rings. The number of aromatic nitrogens is 2. The maximum Gasteiger partial charge on any atom is 0.407 e. The van der Waals surface area contributed by atoms with Crippen LogP contribution >= 0.6 is 0 Å². The molecule has 7 nitrogen and oxygen atoms in total. The predicted octanol–water partition coefficient (Wildman–Crippen LogP) is 2.10. The molecule has 2 N–H and O–H groups in total. The van der Waals surface area contributed by atoms with Crippen LogP contribution in [0.5, 0.6) is 0 Å². The molecule has 1 aliphatic heterocycles. The molecule has 2 amide bonds. The third-order valence-corrected chi connectivity index (χ3v) is 4.64. The number of nitrogens with zero attached hydrogens (tertiary/aromatic N) is 2. The SMILES string of the molecule is Cc1n[nH]c(C)c1CCC(=O)N1CC(NC(=O)OCc2ccccc2)C1. The number of nitrogens with one attached hydrogen (secondary N) is 2. The second-order valence-electron chi connectivity index (χ2n) is 6.61. The molecule has 2 heterocycles. The predicted molar refractivity (Wildman–Crippen MR) is 96.5 cm³/mol. The van der Waals surface area contributed by atoms with Crippen molar-refractivity contribution in [2.45, 2.75) is 39.3 Å². The van der Waals surface area contributed by atoms with Gasteiger partial charge in [-0.1, -0.05) is 30.3 Å². The summed E-state index contributed by atoms with van der Waals surface area (Å²) in [4.78, 5) is 25.8. The third kappa shape index (κ3) is 4.41. The van der Waals surface area contributed by atoms with Crippen LogP contribution in [-0.2, 0) is 22.6 Å². The second-order valence-corrected chi connectivity index (χ2v) is 6.61. The van der Waals surface area contributed by atoms with E-state index in [1.165, 1.54) is 0 Å². The number of aryl methyl sites for hydroxylation is 2. The molecule has 1 saturated heterocycles. The zero-order valence-corrected chi connectivity index (χ0v) is 15.1. The van der Waals surface area contributed by atoms with Crippen LogP contribution in [0.4, 0.5) is 4.79 Å². The maximum atomic E-state index is 12.2. The Morgan fingerprint density at radius 2 is 2.00 bits per heavy atom. The van der Waals surface area contributed by atoms with Crippen LogP contribution in [0.15, 0.2) is 30.3 Å². The van der Waals surface area contributed by atoms with Gasteiger partial charge in [0.05, 0.1) is 11.7 Å². The summed E-state index contributed by atoms with van der Waals surface area (Å²) in [5.41, 5.74) is 4.01. The van der Waals surface area contributed by atoms with Crippen molar-refractivity contribution in [1.29, 1.82) is 0 Å². The summed E-state index contributed by atoms with van der Waals surface area (Å²) in [6.45, 7) is 5.20. The minimum Gasteiger partial charge on any atom is -0.445 e. The quantitative estimate of drug-likeness (QED) is 0.830. The molecule has 3 rings (SSSR count). The van der Waals surface area contributed by atoms with Gasteiger partial charge >= 0.3 is 6.09 Å². The van der Waals surface area contributed by atoms with Gasteiger partial charge in [0.15, 0.2) is 0 Å². The lowest BCUT2D eigenvalue weighted by atomic mass is 10.0. The maximum absolute atomic E-state index is 12.2. The number of aromatic amines is 1. The lowest BCUT2D eigenvalue weighted by Crippen LogP contribution is -2.61. The van der Waals surface area contributed by atoms with Crippen LogP contribution in [0.25, 0.3) is 0 Å². The molecule has 2 aromatic rings. The highest BCUT2D eigenvalue weighted by Gasteiger charge is 2.31. The van der Waals surface area contributed by atoms with Crippen molar-refractivity contribution in [3.8, 4) is 0 Å². The zero-order valence-electron chi connectivity index (χ0n) is 15.1. The van der Waals surface area contributed by atoms with E-state index >= 15 is 0 Å². The highest BCUT2D eigenvalue weighted by Crippen LogP contribution is 2.15. The zero-order chi connectivity index (χ0) is 18.5. The highest BCUT2D eigenvalue weighted by atomic mass is 16.5. The van der Waals surface area contributed by atoms with Crippen molar-refractivity contribution < 1.29 is 14.3 Å². The fourth-order valence-electron chi connectivity index (χ4n) is 3.04. The fraction of sp³-hybridized carbons (Fsp3) is 0.421. The highest BCUT2D eigenvalue weighted by molar-refractivity contribution is 5.78. The number of benzene rings is 1. The van der Waals surface area contributed by atoms with E-state index < -0.39 is 6.09 Å². The summed E-state index contributed by atoms with van der Waals surface area (Å²) in [6.07, 6.45) is 0.684. The molecule has 0 radical (unpaired) electrons. The van der Waals surface area contributed by atoms with Gasteiger partial charge in [0.1, 0.15) is 6.61 Å². The van der Waals surface area contributed by atoms with Crippen molar-refractivity contribution in [3.05, 3.63) is 52.8 Å². The van der Waals surface area contributed by atoms with Crippen LogP contribution in [0.2, 0.25) is 0 Å². The first-order valence-corrected chi connectivity index (χ1v) is 8.78. The van der Waals surface area contributed by atoms with Crippen LogP contribution in [0.1, 0.15) is 28.9 Å². The largest absolute Gasteiger partial charge is 0.445 e. The molecule has 0 atom stereocenters. The van der Waals surface area contributed by atoms with Gasteiger partial charge in [0.2, 0.25) is 5.91 Å². The van der Waals surface area contributed by atoms with E-state index in [2.05, 4.69) is 15.5 Å². The van der Waals surface area contributed by atoms with Gasteiger partial charge in [-0.05, 0) is 31.4 Å². The Balaban J connectivity index is 1.34. The lowest BCUT2D eigenvalue weighted by molar-refractivity contribution is -0.135. The van der Waals surface area contributed by atoms with Crippen LogP contribution < -0.4 is 5.32 Å². The number of alkyl carbamates (subject to hydrolysis) is 1. The van der Waals surface area contributed by atoms with E-state index in [4.69, 9.17) is 4.74 Å². The molecule has 0 bridgehead atoms. The van der Waals surface area contributed by atoms with E-state index in [0.717, 1.165) is 22.5 Å². The topological polar surface area (TPSA) is 87.3 Å². The molecule has 138 valence electrons. The summed E-state index contributed by atoms with van der Waals surface area (Å²) >= 11 is 0. The fourth-order valence-corrected chi connectivity index (χ4v) is 3.04. The van der Waals surface area contributed by atoms with Crippen molar-refractivity contribution in [2.24, 2.45) is 0 Å². The number of rotatable bonds is 6. The monoisotopic (exact) mass is 356 g/mol. The van der Waals surface area contributed by atoms with Gasteiger partial charge in [0, 0.05) is 25.2 Å². The Bertz CT molecular complexity index is 747. The molecule has 0 spiro atoms. The minimum atomic E-state index is -0.449. The van der Waals surface area contributed by atoms with Crippen molar-refractivity contribution in [1.82, 2.24) is 20.4 Å². The first kappa shape index (κ1) is 18.0. The molecule has 1 aromatic carbocycles. The first-order chi connectivity index (χ1) is 12.5. The van der Waals surface area contributed by atoms with Crippen molar-refractivity contribution in [2.75, 3.05) is 13.1 Å². The van der Waals surface area contributed by atoms with Crippen LogP contribution in [0.3, 0.4) is 0 Å². The van der Waals surface area contributed by atoms with Gasteiger partial charge in [0.25, 0.3) is 0 Å². The number of H-pyrrole nitrogens is 1. The van der Waals surface area contributed by atoms with Crippen molar-refractivity contribution in [3.63, 3.8) is 0 Å². The Labute approximate surface area is 152 Å². The molecule has 1 aromatic heterocycles.